The van der Waals surface area contributed by atoms with Crippen LogP contribution in [0, 0.1) is 11.6 Å². The minimum atomic E-state index is -3.16. The number of nitrogens with zero attached hydrogens (tertiary/aromatic N) is 2. The Hall–Kier alpha value is -1.21. The number of fused-ring (bicyclic) bond motifs is 1. The van der Waals surface area contributed by atoms with E-state index in [0.29, 0.717) is 12.2 Å². The molecule has 3 rings (SSSR count). The van der Waals surface area contributed by atoms with E-state index in [1.807, 2.05) is 0 Å². The van der Waals surface area contributed by atoms with Gasteiger partial charge in [-0.05, 0) is 25.5 Å². The van der Waals surface area contributed by atoms with Gasteiger partial charge in [0.1, 0.15) is 11.3 Å². The summed E-state index contributed by atoms with van der Waals surface area (Å²) < 4.78 is 52.5. The third-order valence-corrected chi connectivity index (χ3v) is 5.65. The first-order valence-corrected chi connectivity index (χ1v) is 8.76. The van der Waals surface area contributed by atoms with Crippen LogP contribution in [-0.2, 0) is 9.84 Å². The molecule has 4 nitrogen and oxygen atoms in total. The second kappa shape index (κ2) is 4.91. The molecule has 2 atom stereocenters. The summed E-state index contributed by atoms with van der Waals surface area (Å²) in [5.41, 5.74) is 0.264. The van der Waals surface area contributed by atoms with Crippen molar-refractivity contribution in [1.82, 2.24) is 9.55 Å². The molecule has 0 spiro atoms. The first kappa shape index (κ1) is 14.7. The molecule has 114 valence electrons. The summed E-state index contributed by atoms with van der Waals surface area (Å²) in [6.07, 6.45) is 0.348. The lowest BCUT2D eigenvalue weighted by Crippen LogP contribution is -2.15. The molecule has 2 aromatic rings. The second-order valence-electron chi connectivity index (χ2n) is 5.24. The molecule has 0 N–H and O–H groups in total. The standard InChI is InChI=1S/C13H13ClF2N2O2S/c1-7(14)13-17-10-3-2-9(15)11(16)12(10)18(13)8-4-5-21(19,20)6-8/h2-3,7-8H,4-6H2,1H3. The number of sulfone groups is 1. The van der Waals surface area contributed by atoms with Crippen molar-refractivity contribution in [2.24, 2.45) is 0 Å². The van der Waals surface area contributed by atoms with Crippen LogP contribution in [-0.4, -0.2) is 29.5 Å². The first-order valence-electron chi connectivity index (χ1n) is 6.50. The van der Waals surface area contributed by atoms with Gasteiger partial charge in [-0.3, -0.25) is 0 Å². The second-order valence-corrected chi connectivity index (χ2v) is 8.13. The van der Waals surface area contributed by atoms with E-state index < -0.39 is 32.9 Å². The van der Waals surface area contributed by atoms with E-state index >= 15 is 0 Å². The summed E-state index contributed by atoms with van der Waals surface area (Å²) in [7, 11) is -3.16. The maximum Gasteiger partial charge on any atom is 0.184 e. The third-order valence-electron chi connectivity index (χ3n) is 3.70. The highest BCUT2D eigenvalue weighted by molar-refractivity contribution is 7.91. The molecule has 1 aromatic carbocycles. The zero-order valence-electron chi connectivity index (χ0n) is 11.2. The Balaban J connectivity index is 2.28. The number of hydrogen-bond acceptors (Lipinski definition) is 3. The van der Waals surface area contributed by atoms with Crippen molar-refractivity contribution in [3.63, 3.8) is 0 Å². The van der Waals surface area contributed by atoms with Gasteiger partial charge in [-0.15, -0.1) is 11.6 Å². The molecule has 1 fully saturated rings. The van der Waals surface area contributed by atoms with E-state index in [-0.39, 0.29) is 22.5 Å². The van der Waals surface area contributed by atoms with Gasteiger partial charge in [0.05, 0.1) is 28.4 Å². The van der Waals surface area contributed by atoms with Gasteiger partial charge in [0.25, 0.3) is 0 Å². The van der Waals surface area contributed by atoms with Gasteiger partial charge in [-0.25, -0.2) is 22.2 Å². The van der Waals surface area contributed by atoms with Crippen molar-refractivity contribution < 1.29 is 17.2 Å². The Kier molecular flexibility index (Phi) is 3.44. The fourth-order valence-corrected chi connectivity index (χ4v) is 4.62. The number of alkyl halides is 1. The average molecular weight is 335 g/mol. The van der Waals surface area contributed by atoms with Crippen LogP contribution in [0.4, 0.5) is 8.78 Å². The van der Waals surface area contributed by atoms with Gasteiger partial charge in [0.15, 0.2) is 21.5 Å². The minimum Gasteiger partial charge on any atom is -0.320 e. The topological polar surface area (TPSA) is 52.0 Å². The molecule has 1 saturated heterocycles. The van der Waals surface area contributed by atoms with Crippen LogP contribution < -0.4 is 0 Å². The summed E-state index contributed by atoms with van der Waals surface area (Å²) in [4.78, 5) is 4.24. The average Bonchev–Trinajstić information content (AvgIpc) is 2.94. The lowest BCUT2D eigenvalue weighted by molar-refractivity contribution is 0.497. The van der Waals surface area contributed by atoms with Crippen molar-refractivity contribution in [2.45, 2.75) is 24.8 Å². The number of rotatable bonds is 2. The van der Waals surface area contributed by atoms with E-state index in [0.717, 1.165) is 6.07 Å². The van der Waals surface area contributed by atoms with Gasteiger partial charge in [-0.1, -0.05) is 0 Å². The van der Waals surface area contributed by atoms with Crippen molar-refractivity contribution in [3.8, 4) is 0 Å². The van der Waals surface area contributed by atoms with E-state index in [9.17, 15) is 17.2 Å². The zero-order chi connectivity index (χ0) is 15.4. The summed E-state index contributed by atoms with van der Waals surface area (Å²) in [5.74, 6) is -1.72. The number of imidazole rings is 1. The first-order chi connectivity index (χ1) is 9.80. The molecule has 0 amide bonds. The molecule has 1 aliphatic rings. The Morgan fingerprint density at radius 2 is 2.14 bits per heavy atom. The molecule has 8 heteroatoms. The van der Waals surface area contributed by atoms with Crippen LogP contribution in [0.2, 0.25) is 0 Å². The van der Waals surface area contributed by atoms with Crippen molar-refractivity contribution in [2.75, 3.05) is 11.5 Å². The normalized spacial score (nSPS) is 22.8. The summed E-state index contributed by atoms with van der Waals surface area (Å²) in [6.45, 7) is 1.66. The zero-order valence-corrected chi connectivity index (χ0v) is 12.8. The maximum absolute atomic E-state index is 14.2. The van der Waals surface area contributed by atoms with Crippen molar-refractivity contribution in [1.29, 1.82) is 0 Å². The smallest absolute Gasteiger partial charge is 0.184 e. The molecule has 2 heterocycles. The number of benzene rings is 1. The van der Waals surface area contributed by atoms with Crippen LogP contribution in [0.5, 0.6) is 0 Å². The third kappa shape index (κ3) is 2.42. The number of halogens is 3. The molecule has 21 heavy (non-hydrogen) atoms. The molecular formula is C13H13ClF2N2O2S. The van der Waals surface area contributed by atoms with Gasteiger partial charge in [-0.2, -0.15) is 0 Å². The molecule has 2 unspecified atom stereocenters. The monoisotopic (exact) mass is 334 g/mol. The molecule has 0 saturated carbocycles. The lowest BCUT2D eigenvalue weighted by Gasteiger charge is -2.16. The molecule has 0 aliphatic carbocycles. The highest BCUT2D eigenvalue weighted by Crippen LogP contribution is 2.34. The fourth-order valence-electron chi connectivity index (χ4n) is 2.77. The van der Waals surface area contributed by atoms with Crippen LogP contribution in [0.15, 0.2) is 12.1 Å². The number of aromatic nitrogens is 2. The van der Waals surface area contributed by atoms with Crippen LogP contribution in [0.25, 0.3) is 11.0 Å². The highest BCUT2D eigenvalue weighted by atomic mass is 35.5. The maximum atomic E-state index is 14.2. The summed E-state index contributed by atoms with van der Waals surface area (Å²) >= 11 is 6.07. The molecule has 1 aliphatic heterocycles. The Morgan fingerprint density at radius 1 is 1.43 bits per heavy atom. The van der Waals surface area contributed by atoms with Gasteiger partial charge in [0.2, 0.25) is 0 Å². The Morgan fingerprint density at radius 3 is 2.71 bits per heavy atom. The fraction of sp³-hybridized carbons (Fsp3) is 0.462. The van der Waals surface area contributed by atoms with Gasteiger partial charge >= 0.3 is 0 Å². The molecule has 0 radical (unpaired) electrons. The quantitative estimate of drug-likeness (QED) is 0.793. The lowest BCUT2D eigenvalue weighted by atomic mass is 10.2. The predicted octanol–water partition coefficient (Wildman–Crippen LogP) is 2.97. The Bertz CT molecular complexity index is 817. The van der Waals surface area contributed by atoms with Gasteiger partial charge < -0.3 is 4.57 Å². The van der Waals surface area contributed by atoms with Gasteiger partial charge in [0, 0.05) is 0 Å². The highest BCUT2D eigenvalue weighted by Gasteiger charge is 2.33. The minimum absolute atomic E-state index is 0.0143. The van der Waals surface area contributed by atoms with Crippen LogP contribution in [0.1, 0.15) is 30.6 Å². The van der Waals surface area contributed by atoms with E-state index in [4.69, 9.17) is 11.6 Å². The molecule has 1 aromatic heterocycles. The predicted molar refractivity (Wildman–Crippen MR) is 76.2 cm³/mol. The molecule has 0 bridgehead atoms. The number of hydrogen-bond donors (Lipinski definition) is 0. The Labute approximate surface area is 125 Å². The van der Waals surface area contributed by atoms with E-state index in [1.54, 1.807) is 6.92 Å². The van der Waals surface area contributed by atoms with Crippen molar-refractivity contribution in [3.05, 3.63) is 29.6 Å². The van der Waals surface area contributed by atoms with Crippen LogP contribution in [0.3, 0.4) is 0 Å². The van der Waals surface area contributed by atoms with E-state index in [1.165, 1.54) is 10.6 Å². The largest absolute Gasteiger partial charge is 0.320 e. The SMILES string of the molecule is CC(Cl)c1nc2ccc(F)c(F)c2n1C1CCS(=O)(=O)C1. The van der Waals surface area contributed by atoms with Crippen LogP contribution >= 0.6 is 11.6 Å². The van der Waals surface area contributed by atoms with E-state index in [2.05, 4.69) is 4.98 Å². The molecular weight excluding hydrogens is 322 g/mol. The summed E-state index contributed by atoms with van der Waals surface area (Å²) in [6, 6.07) is 1.91. The van der Waals surface area contributed by atoms with Crippen molar-refractivity contribution >= 4 is 32.5 Å². The summed E-state index contributed by atoms with van der Waals surface area (Å²) in [5, 5.41) is -0.539.